The maximum Gasteiger partial charge on any atom is 0.300 e. The van der Waals surface area contributed by atoms with Gasteiger partial charge in [-0.1, -0.05) is 23.7 Å². The summed E-state index contributed by atoms with van der Waals surface area (Å²) in [5, 5.41) is 11.1. The fourth-order valence-electron chi connectivity index (χ4n) is 2.26. The minimum absolute atomic E-state index is 0.0242. The Bertz CT molecular complexity index is 601. The van der Waals surface area contributed by atoms with Gasteiger partial charge in [0.05, 0.1) is 11.5 Å². The lowest BCUT2D eigenvalue weighted by molar-refractivity contribution is -0.385. The Morgan fingerprint density at radius 3 is 2.86 bits per heavy atom. The van der Waals surface area contributed by atoms with Crippen LogP contribution in [-0.4, -0.2) is 42.5 Å². The number of nitro benzene ring substituents is 1. The normalized spacial score (nSPS) is 14.8. The highest BCUT2D eigenvalue weighted by atomic mass is 35.5. The van der Waals surface area contributed by atoms with Crippen molar-refractivity contribution in [3.8, 4) is 0 Å². The highest BCUT2D eigenvalue weighted by molar-refractivity contribution is 6.33. The van der Waals surface area contributed by atoms with E-state index in [4.69, 9.17) is 16.3 Å². The molecule has 6 nitrogen and oxygen atoms in total. The summed E-state index contributed by atoms with van der Waals surface area (Å²) in [4.78, 5) is 24.5. The summed E-state index contributed by atoms with van der Waals surface area (Å²) in [7, 11) is 1.62. The van der Waals surface area contributed by atoms with Crippen molar-refractivity contribution in [3.63, 3.8) is 0 Å². The van der Waals surface area contributed by atoms with Crippen LogP contribution < -0.4 is 0 Å². The van der Waals surface area contributed by atoms with Gasteiger partial charge in [-0.15, -0.1) is 0 Å². The number of para-hydroxylation sites is 1. The molecule has 0 saturated heterocycles. The second-order valence-electron chi connectivity index (χ2n) is 4.69. The van der Waals surface area contributed by atoms with Gasteiger partial charge in [0.25, 0.3) is 5.91 Å². The first kappa shape index (κ1) is 15.5. The van der Waals surface area contributed by atoms with Crippen LogP contribution in [0.15, 0.2) is 29.8 Å². The highest BCUT2D eigenvalue weighted by Gasteiger charge is 2.27. The zero-order chi connectivity index (χ0) is 15.4. The van der Waals surface area contributed by atoms with E-state index in [1.54, 1.807) is 18.1 Å². The van der Waals surface area contributed by atoms with Crippen molar-refractivity contribution in [1.29, 1.82) is 0 Å². The lowest BCUT2D eigenvalue weighted by Crippen LogP contribution is -2.35. The minimum atomic E-state index is -0.619. The number of benzene rings is 1. The molecule has 1 amide bonds. The van der Waals surface area contributed by atoms with Crippen molar-refractivity contribution in [2.45, 2.75) is 6.42 Å². The molecule has 0 N–H and O–H groups in total. The Kier molecular flexibility index (Phi) is 4.93. The second kappa shape index (κ2) is 6.69. The molecule has 0 unspecified atom stereocenters. The number of halogens is 1. The van der Waals surface area contributed by atoms with Gasteiger partial charge in [-0.05, 0) is 24.1 Å². The number of hydrogen-bond donors (Lipinski definition) is 0. The molecule has 0 atom stereocenters. The average molecular weight is 311 g/mol. The van der Waals surface area contributed by atoms with E-state index in [-0.39, 0.29) is 22.2 Å². The van der Waals surface area contributed by atoms with E-state index in [9.17, 15) is 14.9 Å². The van der Waals surface area contributed by atoms with E-state index in [1.807, 2.05) is 6.08 Å². The molecule has 112 valence electrons. The van der Waals surface area contributed by atoms with Crippen molar-refractivity contribution in [2.24, 2.45) is 0 Å². The van der Waals surface area contributed by atoms with Crippen LogP contribution in [-0.2, 0) is 4.74 Å². The lowest BCUT2D eigenvalue weighted by atomic mass is 10.1. The van der Waals surface area contributed by atoms with E-state index >= 15 is 0 Å². The molecule has 1 aliphatic heterocycles. The molecule has 0 fully saturated rings. The summed E-state index contributed by atoms with van der Waals surface area (Å²) in [5.41, 5.74) is 0.814. The standard InChI is InChI=1S/C14H15ClN2O4/c1-21-9-10-5-7-16(8-6-10)14(18)11-3-2-4-12(15)13(11)17(19)20/h2-5H,6-9H2,1H3. The number of carbonyl (C=O) groups excluding carboxylic acids is 1. The first-order valence-electron chi connectivity index (χ1n) is 6.43. The quantitative estimate of drug-likeness (QED) is 0.487. The van der Waals surface area contributed by atoms with Crippen LogP contribution in [0.5, 0.6) is 0 Å². The van der Waals surface area contributed by atoms with Crippen LogP contribution in [0.4, 0.5) is 5.69 Å². The topological polar surface area (TPSA) is 72.7 Å². The first-order chi connectivity index (χ1) is 10.0. The van der Waals surface area contributed by atoms with Gasteiger partial charge < -0.3 is 9.64 Å². The predicted molar refractivity (Wildman–Crippen MR) is 78.6 cm³/mol. The Hall–Kier alpha value is -1.92. The number of nitro groups is 1. The summed E-state index contributed by atoms with van der Waals surface area (Å²) >= 11 is 5.83. The van der Waals surface area contributed by atoms with E-state index in [2.05, 4.69) is 0 Å². The van der Waals surface area contributed by atoms with Gasteiger partial charge in [-0.2, -0.15) is 0 Å². The van der Waals surface area contributed by atoms with Gasteiger partial charge in [-0.3, -0.25) is 14.9 Å². The van der Waals surface area contributed by atoms with Gasteiger partial charge in [-0.25, -0.2) is 0 Å². The number of ether oxygens (including phenoxy) is 1. The number of nitrogens with zero attached hydrogens (tertiary/aromatic N) is 2. The maximum absolute atomic E-state index is 12.4. The third-order valence-electron chi connectivity index (χ3n) is 3.32. The predicted octanol–water partition coefficient (Wildman–Crippen LogP) is 2.67. The molecule has 0 bridgehead atoms. The van der Waals surface area contributed by atoms with Gasteiger partial charge in [0.2, 0.25) is 0 Å². The van der Waals surface area contributed by atoms with E-state index in [0.29, 0.717) is 26.1 Å². The lowest BCUT2D eigenvalue weighted by Gasteiger charge is -2.26. The molecule has 1 aromatic rings. The van der Waals surface area contributed by atoms with Crippen LogP contribution >= 0.6 is 11.6 Å². The molecule has 2 rings (SSSR count). The molecule has 1 heterocycles. The highest BCUT2D eigenvalue weighted by Crippen LogP contribution is 2.29. The number of rotatable bonds is 4. The summed E-state index contributed by atoms with van der Waals surface area (Å²) in [6.45, 7) is 1.47. The number of hydrogen-bond acceptors (Lipinski definition) is 4. The van der Waals surface area contributed by atoms with Crippen molar-refractivity contribution in [2.75, 3.05) is 26.8 Å². The molecule has 0 aliphatic carbocycles. The smallest absolute Gasteiger partial charge is 0.300 e. The van der Waals surface area contributed by atoms with Crippen molar-refractivity contribution >= 4 is 23.2 Å². The molecule has 7 heteroatoms. The van der Waals surface area contributed by atoms with Gasteiger partial charge in [0.1, 0.15) is 10.6 Å². The Morgan fingerprint density at radius 2 is 2.29 bits per heavy atom. The third-order valence-corrected chi connectivity index (χ3v) is 3.62. The van der Waals surface area contributed by atoms with Gasteiger partial charge in [0, 0.05) is 20.2 Å². The zero-order valence-electron chi connectivity index (χ0n) is 11.5. The molecule has 0 radical (unpaired) electrons. The molecule has 0 saturated carbocycles. The molecule has 0 aromatic heterocycles. The van der Waals surface area contributed by atoms with Crippen molar-refractivity contribution in [3.05, 3.63) is 50.5 Å². The summed E-state index contributed by atoms with van der Waals surface area (Å²) < 4.78 is 5.05. The van der Waals surface area contributed by atoms with E-state index in [0.717, 1.165) is 5.57 Å². The third kappa shape index (κ3) is 3.40. The van der Waals surface area contributed by atoms with Crippen LogP contribution in [0, 0.1) is 10.1 Å². The SMILES string of the molecule is COCC1=CCN(C(=O)c2cccc(Cl)c2[N+](=O)[O-])CC1. The fourth-order valence-corrected chi connectivity index (χ4v) is 2.50. The molecule has 0 spiro atoms. The fraction of sp³-hybridized carbons (Fsp3) is 0.357. The largest absolute Gasteiger partial charge is 0.380 e. The van der Waals surface area contributed by atoms with E-state index in [1.165, 1.54) is 12.1 Å². The van der Waals surface area contributed by atoms with E-state index < -0.39 is 4.92 Å². The number of carbonyl (C=O) groups is 1. The van der Waals surface area contributed by atoms with Crippen molar-refractivity contribution < 1.29 is 14.5 Å². The summed E-state index contributed by atoms with van der Waals surface area (Å²) in [6.07, 6.45) is 2.62. The Labute approximate surface area is 127 Å². The first-order valence-corrected chi connectivity index (χ1v) is 6.81. The molecule has 1 aromatic carbocycles. The maximum atomic E-state index is 12.4. The second-order valence-corrected chi connectivity index (χ2v) is 5.10. The monoisotopic (exact) mass is 310 g/mol. The average Bonchev–Trinajstić information content (AvgIpc) is 2.47. The molecule has 1 aliphatic rings. The summed E-state index contributed by atoms with van der Waals surface area (Å²) in [5.74, 6) is -0.378. The number of methoxy groups -OCH3 is 1. The van der Waals surface area contributed by atoms with Gasteiger partial charge in [0.15, 0.2) is 0 Å². The minimum Gasteiger partial charge on any atom is -0.380 e. The van der Waals surface area contributed by atoms with Gasteiger partial charge >= 0.3 is 5.69 Å². The van der Waals surface area contributed by atoms with Crippen molar-refractivity contribution in [1.82, 2.24) is 4.90 Å². The van der Waals surface area contributed by atoms with Crippen LogP contribution in [0.2, 0.25) is 5.02 Å². The van der Waals surface area contributed by atoms with Crippen LogP contribution in [0.1, 0.15) is 16.8 Å². The summed E-state index contributed by atoms with van der Waals surface area (Å²) in [6, 6.07) is 4.38. The molecule has 21 heavy (non-hydrogen) atoms. The Balaban J connectivity index is 2.22. The molecular formula is C14H15ClN2O4. The van der Waals surface area contributed by atoms with Crippen LogP contribution in [0.25, 0.3) is 0 Å². The zero-order valence-corrected chi connectivity index (χ0v) is 12.3. The number of amides is 1. The Morgan fingerprint density at radius 1 is 1.52 bits per heavy atom. The van der Waals surface area contributed by atoms with Crippen LogP contribution in [0.3, 0.4) is 0 Å². The molecular weight excluding hydrogens is 296 g/mol.